The molecule has 1 atom stereocenters. The minimum Gasteiger partial charge on any atom is -0.313 e. The van der Waals surface area contributed by atoms with E-state index >= 15 is 0 Å². The van der Waals surface area contributed by atoms with Crippen LogP contribution in [0.25, 0.3) is 0 Å². The summed E-state index contributed by atoms with van der Waals surface area (Å²) < 4.78 is 0. The lowest BCUT2D eigenvalue weighted by Crippen LogP contribution is -2.54. The second kappa shape index (κ2) is 6.59. The van der Waals surface area contributed by atoms with Crippen LogP contribution in [0.2, 0.25) is 0 Å². The molecule has 1 saturated heterocycles. The fraction of sp³-hybridized carbons (Fsp3) is 0.750. The zero-order chi connectivity index (χ0) is 14.7. The molecule has 3 aliphatic rings. The maximum atomic E-state index is 12.8. The van der Waals surface area contributed by atoms with Gasteiger partial charge in [0.05, 0.1) is 12.6 Å². The average molecular weight is 288 g/mol. The van der Waals surface area contributed by atoms with Gasteiger partial charge < -0.3 is 10.2 Å². The third-order valence-electron chi connectivity index (χ3n) is 4.60. The Hall–Kier alpha value is -1.38. The van der Waals surface area contributed by atoms with Crippen molar-refractivity contribution in [1.29, 1.82) is 5.26 Å². The van der Waals surface area contributed by atoms with Gasteiger partial charge in [0.25, 0.3) is 0 Å². The highest BCUT2D eigenvalue weighted by Gasteiger charge is 2.36. The molecular weight excluding hydrogens is 264 g/mol. The summed E-state index contributed by atoms with van der Waals surface area (Å²) in [7, 11) is 0. The molecule has 0 aromatic carbocycles. The number of amides is 1. The van der Waals surface area contributed by atoms with Gasteiger partial charge in [-0.2, -0.15) is 5.26 Å². The second-order valence-electron chi connectivity index (χ2n) is 6.26. The number of carbonyl (C=O) groups excluding carboxylic acids is 1. The van der Waals surface area contributed by atoms with Crippen LogP contribution < -0.4 is 5.32 Å². The van der Waals surface area contributed by atoms with Gasteiger partial charge in [-0.25, -0.2) is 0 Å². The number of piperazine rings is 1. The van der Waals surface area contributed by atoms with E-state index in [1.807, 2.05) is 4.90 Å². The Kier molecular flexibility index (Phi) is 4.57. The van der Waals surface area contributed by atoms with E-state index in [0.29, 0.717) is 19.1 Å². The predicted octanol–water partition coefficient (Wildman–Crippen LogP) is 1.23. The highest BCUT2D eigenvalue weighted by atomic mass is 16.2. The molecule has 5 heteroatoms. The maximum absolute atomic E-state index is 12.8. The number of carbonyl (C=O) groups is 1. The van der Waals surface area contributed by atoms with Gasteiger partial charge in [-0.15, -0.1) is 0 Å². The van der Waals surface area contributed by atoms with Gasteiger partial charge in [-0.05, 0) is 38.5 Å². The van der Waals surface area contributed by atoms with Crippen LogP contribution in [0.1, 0.15) is 38.5 Å². The van der Waals surface area contributed by atoms with Crippen molar-refractivity contribution in [2.24, 2.45) is 0 Å². The number of rotatable bonds is 4. The maximum Gasteiger partial charge on any atom is 0.241 e. The standard InChI is InChI=1S/C16H24N4O/c17-10-15-11-18-8-9-19(15)12-16(21)20(14-6-7-14)13-4-2-1-3-5-13/h4,14-15,18H,1-3,5-9,11-12H2. The van der Waals surface area contributed by atoms with Crippen molar-refractivity contribution < 1.29 is 4.79 Å². The van der Waals surface area contributed by atoms with Crippen LogP contribution >= 0.6 is 0 Å². The number of nitrogens with one attached hydrogen (secondary N) is 1. The van der Waals surface area contributed by atoms with Gasteiger partial charge in [0.2, 0.25) is 5.91 Å². The summed E-state index contributed by atoms with van der Waals surface area (Å²) in [4.78, 5) is 16.8. The fourth-order valence-electron chi connectivity index (χ4n) is 3.28. The van der Waals surface area contributed by atoms with Crippen LogP contribution in [0.15, 0.2) is 11.8 Å². The van der Waals surface area contributed by atoms with Crippen LogP contribution in [0.5, 0.6) is 0 Å². The zero-order valence-electron chi connectivity index (χ0n) is 12.6. The summed E-state index contributed by atoms with van der Waals surface area (Å²) in [5, 5.41) is 12.4. The molecule has 1 unspecified atom stereocenters. The molecule has 1 aliphatic heterocycles. The third-order valence-corrected chi connectivity index (χ3v) is 4.60. The summed E-state index contributed by atoms with van der Waals surface area (Å²) in [6.07, 6.45) is 9.07. The van der Waals surface area contributed by atoms with E-state index in [2.05, 4.69) is 22.4 Å². The van der Waals surface area contributed by atoms with E-state index < -0.39 is 0 Å². The van der Waals surface area contributed by atoms with Gasteiger partial charge >= 0.3 is 0 Å². The summed E-state index contributed by atoms with van der Waals surface area (Å²) >= 11 is 0. The summed E-state index contributed by atoms with van der Waals surface area (Å²) in [6.45, 7) is 2.68. The molecule has 21 heavy (non-hydrogen) atoms. The predicted molar refractivity (Wildman–Crippen MR) is 80.3 cm³/mol. The number of nitriles is 1. The quantitative estimate of drug-likeness (QED) is 0.845. The Morgan fingerprint density at radius 1 is 1.48 bits per heavy atom. The van der Waals surface area contributed by atoms with Gasteiger partial charge in [0, 0.05) is 31.4 Å². The normalized spacial score (nSPS) is 26.8. The van der Waals surface area contributed by atoms with E-state index in [-0.39, 0.29) is 11.9 Å². The lowest BCUT2D eigenvalue weighted by Gasteiger charge is -2.34. The van der Waals surface area contributed by atoms with Gasteiger partial charge in [-0.3, -0.25) is 9.69 Å². The third kappa shape index (κ3) is 3.45. The van der Waals surface area contributed by atoms with Gasteiger partial charge in [0.1, 0.15) is 6.04 Å². The Labute approximate surface area is 126 Å². The average Bonchev–Trinajstić information content (AvgIpc) is 3.34. The zero-order valence-corrected chi connectivity index (χ0v) is 12.6. The molecule has 0 radical (unpaired) electrons. The fourth-order valence-corrected chi connectivity index (χ4v) is 3.28. The van der Waals surface area contributed by atoms with Crippen molar-refractivity contribution in [2.75, 3.05) is 26.2 Å². The Morgan fingerprint density at radius 2 is 2.33 bits per heavy atom. The highest BCUT2D eigenvalue weighted by Crippen LogP contribution is 2.33. The summed E-state index contributed by atoms with van der Waals surface area (Å²) in [5.74, 6) is 0.188. The van der Waals surface area contributed by atoms with E-state index in [9.17, 15) is 10.1 Å². The molecule has 2 aliphatic carbocycles. The Balaban J connectivity index is 1.67. The van der Waals surface area contributed by atoms with Gasteiger partial charge in [0.15, 0.2) is 0 Å². The molecule has 1 amide bonds. The van der Waals surface area contributed by atoms with Crippen molar-refractivity contribution in [2.45, 2.75) is 50.6 Å². The van der Waals surface area contributed by atoms with Crippen molar-refractivity contribution in [3.8, 4) is 6.07 Å². The molecular formula is C16H24N4O. The molecule has 1 saturated carbocycles. The minimum absolute atomic E-state index is 0.177. The van der Waals surface area contributed by atoms with E-state index in [0.717, 1.165) is 38.8 Å². The number of nitrogens with zero attached hydrogens (tertiary/aromatic N) is 3. The van der Waals surface area contributed by atoms with Crippen molar-refractivity contribution >= 4 is 5.91 Å². The van der Waals surface area contributed by atoms with E-state index in [1.54, 1.807) is 0 Å². The first-order chi connectivity index (χ1) is 10.3. The monoisotopic (exact) mass is 288 g/mol. The smallest absolute Gasteiger partial charge is 0.241 e. The second-order valence-corrected chi connectivity index (χ2v) is 6.26. The molecule has 0 bridgehead atoms. The molecule has 1 heterocycles. The van der Waals surface area contributed by atoms with Crippen molar-refractivity contribution in [3.63, 3.8) is 0 Å². The van der Waals surface area contributed by atoms with Crippen LogP contribution in [-0.2, 0) is 4.79 Å². The first-order valence-corrected chi connectivity index (χ1v) is 8.15. The Bertz CT molecular complexity index is 463. The molecule has 0 aromatic heterocycles. The number of allylic oxidation sites excluding steroid dienone is 2. The van der Waals surface area contributed by atoms with Crippen LogP contribution in [0.3, 0.4) is 0 Å². The molecule has 1 N–H and O–H groups in total. The first-order valence-electron chi connectivity index (χ1n) is 8.15. The molecule has 0 aromatic rings. The number of hydrogen-bond donors (Lipinski definition) is 1. The Morgan fingerprint density at radius 3 is 3.00 bits per heavy atom. The van der Waals surface area contributed by atoms with Crippen LogP contribution in [0, 0.1) is 11.3 Å². The lowest BCUT2D eigenvalue weighted by molar-refractivity contribution is -0.131. The van der Waals surface area contributed by atoms with Crippen molar-refractivity contribution in [3.05, 3.63) is 11.8 Å². The molecule has 5 nitrogen and oxygen atoms in total. The molecule has 0 spiro atoms. The van der Waals surface area contributed by atoms with Gasteiger partial charge in [-0.1, -0.05) is 6.08 Å². The van der Waals surface area contributed by atoms with E-state index in [1.165, 1.54) is 18.5 Å². The minimum atomic E-state index is -0.177. The molecule has 114 valence electrons. The largest absolute Gasteiger partial charge is 0.313 e. The van der Waals surface area contributed by atoms with Crippen molar-refractivity contribution in [1.82, 2.24) is 15.1 Å². The number of hydrogen-bond acceptors (Lipinski definition) is 4. The topological polar surface area (TPSA) is 59.4 Å². The lowest BCUT2D eigenvalue weighted by atomic mass is 10.0. The van der Waals surface area contributed by atoms with E-state index in [4.69, 9.17) is 0 Å². The van der Waals surface area contributed by atoms with Crippen LogP contribution in [0.4, 0.5) is 0 Å². The summed E-state index contributed by atoms with van der Waals surface area (Å²) in [5.41, 5.74) is 1.23. The van der Waals surface area contributed by atoms with Crippen LogP contribution in [-0.4, -0.2) is 54.0 Å². The summed E-state index contributed by atoms with van der Waals surface area (Å²) in [6, 6.07) is 2.55. The first kappa shape index (κ1) is 14.6. The SMILES string of the molecule is N#CC1CNCCN1CC(=O)N(C1=CCCCC1)C1CC1. The molecule has 2 fully saturated rings. The molecule has 3 rings (SSSR count). The highest BCUT2D eigenvalue weighted by molar-refractivity contribution is 5.81.